The number of pyridine rings is 1. The van der Waals surface area contributed by atoms with E-state index in [1.807, 2.05) is 13.8 Å². The van der Waals surface area contributed by atoms with Crippen molar-refractivity contribution in [2.75, 3.05) is 29.5 Å². The first-order valence-corrected chi connectivity index (χ1v) is 11.2. The second kappa shape index (κ2) is 9.01. The summed E-state index contributed by atoms with van der Waals surface area (Å²) < 4.78 is 64.3. The molecular formula is C23H27F4N5O2. The average molecular weight is 481 g/mol. The molecule has 184 valence electrons. The number of hydrogen-bond donors (Lipinski definition) is 0. The van der Waals surface area contributed by atoms with E-state index in [-0.39, 0.29) is 30.6 Å². The third-order valence-corrected chi connectivity index (χ3v) is 5.94. The van der Waals surface area contributed by atoms with Gasteiger partial charge in [0.1, 0.15) is 11.6 Å². The van der Waals surface area contributed by atoms with E-state index >= 15 is 4.39 Å². The normalized spacial score (nSPS) is 23.9. The number of hydrogen-bond acceptors (Lipinski definition) is 5. The highest BCUT2D eigenvalue weighted by atomic mass is 19.4. The molecule has 2 aliphatic rings. The summed E-state index contributed by atoms with van der Waals surface area (Å²) in [6.07, 6.45) is -0.724. The number of rotatable bonds is 5. The third-order valence-electron chi connectivity index (χ3n) is 5.94. The maximum absolute atomic E-state index is 16.0. The number of carbonyl (C=O) groups is 1. The molecule has 0 aromatic carbocycles. The zero-order chi connectivity index (χ0) is 24.7. The van der Waals surface area contributed by atoms with E-state index in [0.29, 0.717) is 37.4 Å². The van der Waals surface area contributed by atoms with Gasteiger partial charge in [0.2, 0.25) is 0 Å². The van der Waals surface area contributed by atoms with Crippen molar-refractivity contribution in [3.63, 3.8) is 0 Å². The van der Waals surface area contributed by atoms with E-state index < -0.39 is 23.3 Å². The lowest BCUT2D eigenvalue weighted by molar-refractivity contribution is -0.137. The van der Waals surface area contributed by atoms with Gasteiger partial charge in [-0.15, -0.1) is 0 Å². The zero-order valence-corrected chi connectivity index (χ0v) is 19.3. The molecule has 0 N–H and O–H groups in total. The smallest absolute Gasteiger partial charge is 0.375 e. The maximum atomic E-state index is 16.0. The van der Waals surface area contributed by atoms with Crippen LogP contribution in [0.4, 0.5) is 29.2 Å². The monoisotopic (exact) mass is 481 g/mol. The summed E-state index contributed by atoms with van der Waals surface area (Å²) in [5.41, 5.74) is -2.23. The number of aromatic nitrogens is 3. The number of anilines is 2. The molecule has 0 bridgehead atoms. The van der Waals surface area contributed by atoms with Gasteiger partial charge in [0, 0.05) is 44.9 Å². The summed E-state index contributed by atoms with van der Waals surface area (Å²) in [5, 5.41) is 4.12. The van der Waals surface area contributed by atoms with E-state index in [9.17, 15) is 18.0 Å². The molecule has 34 heavy (non-hydrogen) atoms. The van der Waals surface area contributed by atoms with Crippen LogP contribution in [0, 0.1) is 0 Å². The lowest BCUT2D eigenvalue weighted by Crippen LogP contribution is -2.49. The van der Waals surface area contributed by atoms with Crippen LogP contribution in [-0.4, -0.2) is 52.1 Å². The summed E-state index contributed by atoms with van der Waals surface area (Å²) in [6, 6.07) is 1.74. The molecule has 1 unspecified atom stereocenters. The Morgan fingerprint density at radius 1 is 1.26 bits per heavy atom. The molecular weight excluding hydrogens is 454 g/mol. The highest BCUT2D eigenvalue weighted by molar-refractivity contribution is 6.02. The minimum absolute atomic E-state index is 0.0677. The standard InChI is InChI=1S/C23H27F4N5O2/c1-4-31-14-17(11-28-31)10-22(24)9-15(2)12-32(21(22)33)20-8-18(23(25,26)27)7-19(29-20)30-5-6-34-16(3)13-30/h7-8,11-12,14,16H,4-6,9-10,13H2,1-3H3/t16-,22?/m1/s1. The number of nitrogens with zero attached hydrogens (tertiary/aromatic N) is 5. The predicted octanol–water partition coefficient (Wildman–Crippen LogP) is 4.13. The molecule has 0 saturated carbocycles. The van der Waals surface area contributed by atoms with Crippen LogP contribution in [0.2, 0.25) is 0 Å². The maximum Gasteiger partial charge on any atom is 0.416 e. The van der Waals surface area contributed by atoms with E-state index in [1.54, 1.807) is 22.7 Å². The molecule has 2 atom stereocenters. The van der Waals surface area contributed by atoms with Crippen molar-refractivity contribution in [2.45, 2.75) is 58.1 Å². The predicted molar refractivity (Wildman–Crippen MR) is 118 cm³/mol. The fraction of sp³-hybridized carbons (Fsp3) is 0.522. The molecule has 1 fully saturated rings. The Kier molecular flexibility index (Phi) is 6.41. The summed E-state index contributed by atoms with van der Waals surface area (Å²) in [5.74, 6) is -1.15. The fourth-order valence-electron chi connectivity index (χ4n) is 4.34. The Bertz CT molecular complexity index is 1100. The van der Waals surface area contributed by atoms with Gasteiger partial charge in [-0.05, 0) is 38.5 Å². The Balaban J connectivity index is 1.72. The van der Waals surface area contributed by atoms with Gasteiger partial charge >= 0.3 is 6.18 Å². The van der Waals surface area contributed by atoms with Crippen LogP contribution < -0.4 is 9.80 Å². The second-order valence-electron chi connectivity index (χ2n) is 8.87. The van der Waals surface area contributed by atoms with Crippen molar-refractivity contribution < 1.29 is 27.1 Å². The average Bonchev–Trinajstić information content (AvgIpc) is 3.22. The third kappa shape index (κ3) is 4.94. The van der Waals surface area contributed by atoms with Crippen LogP contribution in [0.3, 0.4) is 0 Å². The number of halogens is 4. The summed E-state index contributed by atoms with van der Waals surface area (Å²) in [7, 11) is 0. The molecule has 4 heterocycles. The molecule has 0 spiro atoms. The van der Waals surface area contributed by atoms with Gasteiger partial charge in [-0.2, -0.15) is 18.3 Å². The van der Waals surface area contributed by atoms with Gasteiger partial charge < -0.3 is 9.64 Å². The van der Waals surface area contributed by atoms with E-state index in [2.05, 4.69) is 10.1 Å². The first-order valence-electron chi connectivity index (χ1n) is 11.2. The van der Waals surface area contributed by atoms with Gasteiger partial charge in [0.25, 0.3) is 5.91 Å². The van der Waals surface area contributed by atoms with Crippen molar-refractivity contribution in [3.05, 3.63) is 47.4 Å². The Morgan fingerprint density at radius 3 is 2.65 bits per heavy atom. The molecule has 2 aromatic rings. The van der Waals surface area contributed by atoms with Crippen LogP contribution in [0.25, 0.3) is 0 Å². The molecule has 7 nitrogen and oxygen atoms in total. The van der Waals surface area contributed by atoms with Gasteiger partial charge in [-0.1, -0.05) is 5.57 Å². The number of alkyl halides is 4. The second-order valence-corrected chi connectivity index (χ2v) is 8.87. The summed E-state index contributed by atoms with van der Waals surface area (Å²) in [6.45, 7) is 6.99. The van der Waals surface area contributed by atoms with Crippen LogP contribution >= 0.6 is 0 Å². The molecule has 0 aliphatic carbocycles. The molecule has 1 amide bonds. The van der Waals surface area contributed by atoms with E-state index in [1.165, 1.54) is 12.4 Å². The van der Waals surface area contributed by atoms with Crippen molar-refractivity contribution in [2.24, 2.45) is 0 Å². The van der Waals surface area contributed by atoms with Crippen LogP contribution in [-0.2, 0) is 28.7 Å². The Morgan fingerprint density at radius 2 is 2.00 bits per heavy atom. The molecule has 2 aromatic heterocycles. The van der Waals surface area contributed by atoms with Crippen molar-refractivity contribution >= 4 is 17.5 Å². The van der Waals surface area contributed by atoms with Crippen LogP contribution in [0.15, 0.2) is 36.3 Å². The SMILES string of the molecule is CCn1cc(CC2(F)CC(C)=CN(c3cc(C(F)(F)F)cc(N4CCO[C@H](C)C4)n3)C2=O)cn1. The lowest BCUT2D eigenvalue weighted by Gasteiger charge is -2.35. The van der Waals surface area contributed by atoms with Crippen LogP contribution in [0.1, 0.15) is 38.3 Å². The van der Waals surface area contributed by atoms with Gasteiger partial charge in [-0.25, -0.2) is 9.37 Å². The van der Waals surface area contributed by atoms with Gasteiger partial charge in [-0.3, -0.25) is 14.4 Å². The minimum Gasteiger partial charge on any atom is -0.375 e. The number of allylic oxidation sites excluding steroid dienone is 1. The van der Waals surface area contributed by atoms with Crippen molar-refractivity contribution in [1.82, 2.24) is 14.8 Å². The topological polar surface area (TPSA) is 63.5 Å². The highest BCUT2D eigenvalue weighted by Gasteiger charge is 2.46. The molecule has 2 aliphatic heterocycles. The summed E-state index contributed by atoms with van der Waals surface area (Å²) >= 11 is 0. The Labute approximate surface area is 195 Å². The summed E-state index contributed by atoms with van der Waals surface area (Å²) in [4.78, 5) is 20.2. The number of morpholine rings is 1. The lowest BCUT2D eigenvalue weighted by atomic mass is 9.87. The van der Waals surface area contributed by atoms with Gasteiger partial charge in [0.15, 0.2) is 5.67 Å². The molecule has 0 radical (unpaired) electrons. The van der Waals surface area contributed by atoms with E-state index in [0.717, 1.165) is 17.0 Å². The quantitative estimate of drug-likeness (QED) is 0.601. The fourth-order valence-corrected chi connectivity index (χ4v) is 4.34. The largest absolute Gasteiger partial charge is 0.416 e. The van der Waals surface area contributed by atoms with Crippen LogP contribution in [0.5, 0.6) is 0 Å². The van der Waals surface area contributed by atoms with E-state index in [4.69, 9.17) is 4.74 Å². The number of aryl methyl sites for hydroxylation is 1. The molecule has 1 saturated heterocycles. The minimum atomic E-state index is -4.66. The number of amides is 1. The zero-order valence-electron chi connectivity index (χ0n) is 19.3. The highest BCUT2D eigenvalue weighted by Crippen LogP contribution is 2.38. The number of ether oxygens (including phenoxy) is 1. The Hall–Kier alpha value is -2.95. The number of carbonyl (C=O) groups excluding carboxylic acids is 1. The van der Waals surface area contributed by atoms with Crippen molar-refractivity contribution in [3.8, 4) is 0 Å². The van der Waals surface area contributed by atoms with Crippen molar-refractivity contribution in [1.29, 1.82) is 0 Å². The first-order chi connectivity index (χ1) is 16.0. The van der Waals surface area contributed by atoms with Gasteiger partial charge in [0.05, 0.1) is 24.5 Å². The molecule has 4 rings (SSSR count). The molecule has 11 heteroatoms. The first kappa shape index (κ1) is 24.2.